The number of halogens is 2. The van der Waals surface area contributed by atoms with Crippen LogP contribution in [0.4, 0.5) is 10.5 Å². The zero-order valence-electron chi connectivity index (χ0n) is 20.6. The lowest BCUT2D eigenvalue weighted by molar-refractivity contribution is 0.181. The Morgan fingerprint density at radius 1 is 0.861 bits per heavy atom. The van der Waals surface area contributed by atoms with Gasteiger partial charge in [-0.1, -0.05) is 29.3 Å². The Hall–Kier alpha value is -3.29. The molecule has 7 nitrogen and oxygen atoms in total. The van der Waals surface area contributed by atoms with Crippen LogP contribution in [0.1, 0.15) is 22.7 Å². The summed E-state index contributed by atoms with van der Waals surface area (Å²) in [5.74, 6) is 2.55. The lowest BCUT2D eigenvalue weighted by Crippen LogP contribution is -2.43. The van der Waals surface area contributed by atoms with Crippen molar-refractivity contribution in [2.75, 3.05) is 40.3 Å². The van der Waals surface area contributed by atoms with E-state index in [-0.39, 0.29) is 12.1 Å². The number of nitrogens with zero attached hydrogens (tertiary/aromatic N) is 1. The highest BCUT2D eigenvalue weighted by Crippen LogP contribution is 2.40. The molecule has 9 heteroatoms. The average molecular weight is 531 g/mol. The van der Waals surface area contributed by atoms with Crippen molar-refractivity contribution < 1.29 is 23.7 Å². The lowest BCUT2D eigenvalue weighted by atomic mass is 9.88. The minimum atomic E-state index is -0.269. The quantitative estimate of drug-likeness (QED) is 0.382. The molecule has 1 aliphatic rings. The largest absolute Gasteiger partial charge is 0.493 e. The van der Waals surface area contributed by atoms with Crippen molar-refractivity contribution >= 4 is 34.9 Å². The number of benzene rings is 3. The summed E-state index contributed by atoms with van der Waals surface area (Å²) in [7, 11) is 6.42. The van der Waals surface area contributed by atoms with Gasteiger partial charge in [-0.3, -0.25) is 0 Å². The number of anilines is 1. The third-order valence-corrected chi connectivity index (χ3v) is 7.05. The first-order valence-corrected chi connectivity index (χ1v) is 12.1. The summed E-state index contributed by atoms with van der Waals surface area (Å²) in [5, 5.41) is 3.76. The number of fused-ring (bicyclic) bond motifs is 1. The van der Waals surface area contributed by atoms with Crippen molar-refractivity contribution in [2.45, 2.75) is 18.9 Å². The van der Waals surface area contributed by atoms with Crippen molar-refractivity contribution in [1.82, 2.24) is 4.90 Å². The molecule has 0 radical (unpaired) electrons. The van der Waals surface area contributed by atoms with Crippen LogP contribution in [0.2, 0.25) is 10.0 Å². The molecule has 0 bridgehead atoms. The Balaban J connectivity index is 1.72. The Labute approximate surface area is 220 Å². The minimum absolute atomic E-state index is 0.237. The molecule has 0 saturated carbocycles. The molecule has 0 saturated heterocycles. The Kier molecular flexibility index (Phi) is 8.01. The number of carbonyl (C=O) groups is 1. The van der Waals surface area contributed by atoms with Crippen molar-refractivity contribution in [1.29, 1.82) is 0 Å². The lowest BCUT2D eigenvalue weighted by Gasteiger charge is -2.38. The molecule has 4 rings (SSSR count). The summed E-state index contributed by atoms with van der Waals surface area (Å²) in [6.07, 6.45) is 1.23. The van der Waals surface area contributed by atoms with Gasteiger partial charge in [0.15, 0.2) is 23.0 Å². The average Bonchev–Trinajstić information content (AvgIpc) is 2.89. The molecule has 0 aromatic heterocycles. The van der Waals surface area contributed by atoms with Gasteiger partial charge in [0.1, 0.15) is 0 Å². The Morgan fingerprint density at radius 2 is 1.53 bits per heavy atom. The van der Waals surface area contributed by atoms with Gasteiger partial charge in [0.05, 0.1) is 44.5 Å². The van der Waals surface area contributed by atoms with Gasteiger partial charge in [-0.05, 0) is 72.0 Å². The summed E-state index contributed by atoms with van der Waals surface area (Å²) >= 11 is 12.2. The predicted octanol–water partition coefficient (Wildman–Crippen LogP) is 6.40. The fourth-order valence-corrected chi connectivity index (χ4v) is 4.79. The van der Waals surface area contributed by atoms with Crippen LogP contribution in [0.3, 0.4) is 0 Å². The summed E-state index contributed by atoms with van der Waals surface area (Å²) < 4.78 is 22.0. The summed E-state index contributed by atoms with van der Waals surface area (Å²) in [4.78, 5) is 15.3. The third-order valence-electron chi connectivity index (χ3n) is 6.31. The van der Waals surface area contributed by atoms with Crippen LogP contribution < -0.4 is 24.3 Å². The number of rotatable bonds is 7. The minimum Gasteiger partial charge on any atom is -0.493 e. The molecule has 2 amide bonds. The van der Waals surface area contributed by atoms with Gasteiger partial charge in [0, 0.05) is 12.2 Å². The molecular weight excluding hydrogens is 503 g/mol. The molecule has 1 unspecified atom stereocenters. The van der Waals surface area contributed by atoms with Crippen molar-refractivity contribution in [3.63, 3.8) is 0 Å². The maximum atomic E-state index is 13.5. The number of amides is 2. The fourth-order valence-electron chi connectivity index (χ4n) is 4.49. The van der Waals surface area contributed by atoms with E-state index in [1.54, 1.807) is 46.6 Å². The van der Waals surface area contributed by atoms with E-state index in [1.807, 2.05) is 35.2 Å². The molecule has 190 valence electrons. The normalized spacial score (nSPS) is 14.6. The predicted molar refractivity (Wildman–Crippen MR) is 141 cm³/mol. The molecule has 1 heterocycles. The first-order valence-electron chi connectivity index (χ1n) is 11.4. The van der Waals surface area contributed by atoms with E-state index in [0.717, 1.165) is 16.7 Å². The van der Waals surface area contributed by atoms with Gasteiger partial charge < -0.3 is 29.2 Å². The van der Waals surface area contributed by atoms with Crippen molar-refractivity contribution in [2.24, 2.45) is 0 Å². The molecule has 0 fully saturated rings. The second-order valence-electron chi connectivity index (χ2n) is 8.32. The van der Waals surface area contributed by atoms with Crippen LogP contribution in [0.15, 0.2) is 48.5 Å². The first kappa shape index (κ1) is 25.8. The van der Waals surface area contributed by atoms with E-state index in [0.29, 0.717) is 58.1 Å². The molecule has 1 aliphatic heterocycles. The van der Waals surface area contributed by atoms with Crippen molar-refractivity contribution in [3.8, 4) is 23.0 Å². The highest BCUT2D eigenvalue weighted by molar-refractivity contribution is 6.42. The number of carbonyl (C=O) groups excluding carboxylic acids is 1. The van der Waals surface area contributed by atoms with Gasteiger partial charge in [-0.15, -0.1) is 0 Å². The number of urea groups is 1. The first-order chi connectivity index (χ1) is 17.4. The molecule has 1 atom stereocenters. The van der Waals surface area contributed by atoms with Gasteiger partial charge in [-0.2, -0.15) is 0 Å². The van der Waals surface area contributed by atoms with Crippen LogP contribution in [-0.2, 0) is 12.8 Å². The number of hydrogen-bond acceptors (Lipinski definition) is 5. The van der Waals surface area contributed by atoms with Crippen LogP contribution in [0.25, 0.3) is 0 Å². The van der Waals surface area contributed by atoms with E-state index >= 15 is 0 Å². The summed E-state index contributed by atoms with van der Waals surface area (Å²) in [6.45, 7) is 0.521. The van der Waals surface area contributed by atoms with Crippen LogP contribution in [0, 0.1) is 0 Å². The van der Waals surface area contributed by atoms with Crippen molar-refractivity contribution in [3.05, 3.63) is 75.3 Å². The number of nitrogens with one attached hydrogen (secondary N) is 1. The van der Waals surface area contributed by atoms with E-state index in [2.05, 4.69) is 5.32 Å². The molecule has 0 spiro atoms. The highest BCUT2D eigenvalue weighted by atomic mass is 35.5. The van der Waals surface area contributed by atoms with Crippen LogP contribution >= 0.6 is 23.2 Å². The fraction of sp³-hybridized carbons (Fsp3) is 0.296. The monoisotopic (exact) mass is 530 g/mol. The highest BCUT2D eigenvalue weighted by Gasteiger charge is 2.33. The maximum absolute atomic E-state index is 13.5. The third kappa shape index (κ3) is 5.27. The molecule has 3 aromatic rings. The smallest absolute Gasteiger partial charge is 0.322 e. The van der Waals surface area contributed by atoms with Gasteiger partial charge in [0.2, 0.25) is 0 Å². The van der Waals surface area contributed by atoms with E-state index < -0.39 is 0 Å². The molecular formula is C27H28Cl2N2O5. The standard InChI is InChI=1S/C27H28Cl2N2O5/c1-33-23-8-5-16(12-24(23)34-2)11-22-19-15-26(36-4)25(35-3)13-17(19)9-10-31(22)27(32)30-18-6-7-20(28)21(29)14-18/h5-8,12-15,22H,9-11H2,1-4H3,(H,30,32). The van der Waals surface area contributed by atoms with E-state index in [1.165, 1.54) is 0 Å². The maximum Gasteiger partial charge on any atom is 0.322 e. The van der Waals surface area contributed by atoms with Gasteiger partial charge in [0.25, 0.3) is 0 Å². The molecule has 36 heavy (non-hydrogen) atoms. The zero-order chi connectivity index (χ0) is 25.8. The van der Waals surface area contributed by atoms with Gasteiger partial charge >= 0.3 is 6.03 Å². The second kappa shape index (κ2) is 11.2. The molecule has 3 aromatic carbocycles. The molecule has 1 N–H and O–H groups in total. The topological polar surface area (TPSA) is 69.3 Å². The summed E-state index contributed by atoms with van der Waals surface area (Å²) in [6, 6.07) is 14.2. The van der Waals surface area contributed by atoms with E-state index in [9.17, 15) is 4.79 Å². The number of ether oxygens (including phenoxy) is 4. The second-order valence-corrected chi connectivity index (χ2v) is 9.13. The van der Waals surface area contributed by atoms with Gasteiger partial charge in [-0.25, -0.2) is 4.79 Å². The van der Waals surface area contributed by atoms with Crippen LogP contribution in [-0.4, -0.2) is 45.9 Å². The Morgan fingerprint density at radius 3 is 2.19 bits per heavy atom. The zero-order valence-corrected chi connectivity index (χ0v) is 22.1. The SMILES string of the molecule is COc1ccc(CC2c3cc(OC)c(OC)cc3CCN2C(=O)Nc2ccc(Cl)c(Cl)c2)cc1OC. The summed E-state index contributed by atoms with van der Waals surface area (Å²) in [5.41, 5.74) is 3.67. The number of hydrogen-bond donors (Lipinski definition) is 1. The molecule has 0 aliphatic carbocycles. The van der Waals surface area contributed by atoms with Crippen LogP contribution in [0.5, 0.6) is 23.0 Å². The number of methoxy groups -OCH3 is 4. The van der Waals surface area contributed by atoms with E-state index in [4.69, 9.17) is 42.1 Å². The Bertz CT molecular complexity index is 1270.